The van der Waals surface area contributed by atoms with Crippen LogP contribution in [-0.2, 0) is 7.05 Å². The van der Waals surface area contributed by atoms with Gasteiger partial charge in [0.1, 0.15) is 5.56 Å². The predicted molar refractivity (Wildman–Crippen MR) is 68.1 cm³/mol. The summed E-state index contributed by atoms with van der Waals surface area (Å²) in [6.45, 7) is 0. The van der Waals surface area contributed by atoms with Gasteiger partial charge in [0.2, 0.25) is 0 Å². The van der Waals surface area contributed by atoms with Crippen molar-refractivity contribution in [3.63, 3.8) is 0 Å². The van der Waals surface area contributed by atoms with Gasteiger partial charge in [-0.15, -0.1) is 0 Å². The molecule has 0 aliphatic rings. The van der Waals surface area contributed by atoms with Gasteiger partial charge in [-0.1, -0.05) is 6.07 Å². The molecule has 0 saturated carbocycles. The Morgan fingerprint density at radius 1 is 1.32 bits per heavy atom. The molecule has 3 N–H and O–H groups in total. The maximum Gasteiger partial charge on any atom is 0.339 e. The molecule has 19 heavy (non-hydrogen) atoms. The Bertz CT molecular complexity index is 840. The molecule has 0 bridgehead atoms. The number of hydrogen-bond acceptors (Lipinski definition) is 3. The van der Waals surface area contributed by atoms with Crippen LogP contribution in [0.4, 0.5) is 0 Å². The van der Waals surface area contributed by atoms with Gasteiger partial charge in [-0.25, -0.2) is 9.59 Å². The summed E-state index contributed by atoms with van der Waals surface area (Å²) in [5.41, 5.74) is 2.31. The van der Waals surface area contributed by atoms with Gasteiger partial charge in [-0.05, 0) is 12.1 Å². The lowest BCUT2D eigenvalue weighted by Crippen LogP contribution is -2.00. The molecule has 1 aromatic carbocycles. The molecular formula is C12H10N4O3. The number of nitrogens with one attached hydrogen (secondary N) is 2. The number of H-pyrrole nitrogens is 2. The number of rotatable bonds is 2. The number of benzene rings is 1. The number of aromatic carboxylic acids is 1. The number of carbonyl (C=O) groups is 1. The molecule has 0 atom stereocenters. The van der Waals surface area contributed by atoms with Crippen molar-refractivity contribution in [3.05, 3.63) is 40.4 Å². The van der Waals surface area contributed by atoms with Crippen LogP contribution in [0.15, 0.2) is 29.2 Å². The Balaban J connectivity index is 2.26. The van der Waals surface area contributed by atoms with Crippen molar-refractivity contribution in [2.75, 3.05) is 0 Å². The first-order chi connectivity index (χ1) is 9.06. The standard InChI is InChI=1S/C12H10N4O3/c1-16-10(7(5-13-16)11(17)18)6-2-3-8-9(4-6)15-12(19)14-8/h2-5H,1H3,(H,17,18)(H2,14,15,19). The highest BCUT2D eigenvalue weighted by Crippen LogP contribution is 2.25. The number of aryl methyl sites for hydroxylation is 1. The van der Waals surface area contributed by atoms with Crippen LogP contribution in [0.3, 0.4) is 0 Å². The fourth-order valence-electron chi connectivity index (χ4n) is 2.12. The second-order valence-corrected chi connectivity index (χ2v) is 4.18. The zero-order valence-corrected chi connectivity index (χ0v) is 9.97. The first-order valence-electron chi connectivity index (χ1n) is 5.54. The molecule has 0 fully saturated rings. The minimum atomic E-state index is -1.04. The Labute approximate surface area is 106 Å². The summed E-state index contributed by atoms with van der Waals surface area (Å²) < 4.78 is 1.50. The van der Waals surface area contributed by atoms with E-state index >= 15 is 0 Å². The Kier molecular flexibility index (Phi) is 2.28. The van der Waals surface area contributed by atoms with Gasteiger partial charge in [0.15, 0.2) is 0 Å². The maximum absolute atomic E-state index is 11.2. The van der Waals surface area contributed by atoms with Crippen LogP contribution in [-0.4, -0.2) is 30.8 Å². The number of carboxylic acid groups (broad SMARTS) is 1. The fraction of sp³-hybridized carbons (Fsp3) is 0.0833. The molecule has 7 nitrogen and oxygen atoms in total. The van der Waals surface area contributed by atoms with Crippen LogP contribution in [0.25, 0.3) is 22.3 Å². The number of nitrogens with zero attached hydrogens (tertiary/aromatic N) is 2. The zero-order valence-electron chi connectivity index (χ0n) is 9.97. The topological polar surface area (TPSA) is 104 Å². The van der Waals surface area contributed by atoms with Crippen LogP contribution >= 0.6 is 0 Å². The first kappa shape index (κ1) is 11.3. The highest BCUT2D eigenvalue weighted by atomic mass is 16.4. The van der Waals surface area contributed by atoms with Crippen molar-refractivity contribution in [1.29, 1.82) is 0 Å². The quantitative estimate of drug-likeness (QED) is 0.636. The van der Waals surface area contributed by atoms with Crippen LogP contribution in [0.1, 0.15) is 10.4 Å². The van der Waals surface area contributed by atoms with Crippen LogP contribution in [0.2, 0.25) is 0 Å². The Morgan fingerprint density at radius 2 is 2.05 bits per heavy atom. The lowest BCUT2D eigenvalue weighted by atomic mass is 10.1. The summed E-state index contributed by atoms with van der Waals surface area (Å²) in [7, 11) is 1.67. The molecule has 96 valence electrons. The van der Waals surface area contributed by atoms with Crippen molar-refractivity contribution in [2.24, 2.45) is 7.05 Å². The highest BCUT2D eigenvalue weighted by Gasteiger charge is 2.17. The van der Waals surface area contributed by atoms with Crippen LogP contribution in [0.5, 0.6) is 0 Å². The number of hydrogen-bond donors (Lipinski definition) is 3. The third-order valence-electron chi connectivity index (χ3n) is 2.96. The molecule has 3 rings (SSSR count). The Hall–Kier alpha value is -2.83. The second-order valence-electron chi connectivity index (χ2n) is 4.18. The van der Waals surface area contributed by atoms with E-state index in [1.165, 1.54) is 10.9 Å². The number of imidazole rings is 1. The van der Waals surface area contributed by atoms with E-state index < -0.39 is 5.97 Å². The van der Waals surface area contributed by atoms with E-state index in [2.05, 4.69) is 15.1 Å². The SMILES string of the molecule is Cn1ncc(C(=O)O)c1-c1ccc2[nH]c(=O)[nH]c2c1. The van der Waals surface area contributed by atoms with Crippen molar-refractivity contribution >= 4 is 17.0 Å². The number of fused-ring (bicyclic) bond motifs is 1. The average molecular weight is 258 g/mol. The fourth-order valence-corrected chi connectivity index (χ4v) is 2.12. The summed E-state index contributed by atoms with van der Waals surface area (Å²) in [6.07, 6.45) is 1.31. The van der Waals surface area contributed by atoms with Gasteiger partial charge in [0.05, 0.1) is 22.9 Å². The first-order valence-corrected chi connectivity index (χ1v) is 5.54. The third-order valence-corrected chi connectivity index (χ3v) is 2.96. The summed E-state index contributed by atoms with van der Waals surface area (Å²) in [5.74, 6) is -1.04. The summed E-state index contributed by atoms with van der Waals surface area (Å²) in [5, 5.41) is 13.1. The van der Waals surface area contributed by atoms with Crippen LogP contribution in [0, 0.1) is 0 Å². The molecular weight excluding hydrogens is 248 g/mol. The van der Waals surface area contributed by atoms with Gasteiger partial charge in [-0.3, -0.25) is 4.68 Å². The van der Waals surface area contributed by atoms with E-state index in [0.29, 0.717) is 22.3 Å². The van der Waals surface area contributed by atoms with E-state index in [9.17, 15) is 9.59 Å². The minimum Gasteiger partial charge on any atom is -0.478 e. The van der Waals surface area contributed by atoms with Gasteiger partial charge in [0.25, 0.3) is 0 Å². The van der Waals surface area contributed by atoms with Gasteiger partial charge >= 0.3 is 11.7 Å². The van der Waals surface area contributed by atoms with Crippen molar-refractivity contribution in [1.82, 2.24) is 19.7 Å². The van der Waals surface area contributed by atoms with Gasteiger partial charge in [-0.2, -0.15) is 5.10 Å². The zero-order chi connectivity index (χ0) is 13.6. The Morgan fingerprint density at radius 3 is 2.79 bits per heavy atom. The second kappa shape index (κ2) is 3.84. The smallest absolute Gasteiger partial charge is 0.339 e. The third kappa shape index (κ3) is 1.71. The lowest BCUT2D eigenvalue weighted by Gasteiger charge is -2.04. The van der Waals surface area contributed by atoms with E-state index in [4.69, 9.17) is 5.11 Å². The molecule has 0 aliphatic carbocycles. The van der Waals surface area contributed by atoms with Crippen molar-refractivity contribution in [2.45, 2.75) is 0 Å². The molecule has 3 aromatic rings. The molecule has 0 saturated heterocycles. The van der Waals surface area contributed by atoms with Crippen LogP contribution < -0.4 is 5.69 Å². The number of carboxylic acids is 1. The van der Waals surface area contributed by atoms with E-state index in [1.54, 1.807) is 25.2 Å². The molecule has 0 spiro atoms. The summed E-state index contributed by atoms with van der Waals surface area (Å²) in [4.78, 5) is 27.6. The maximum atomic E-state index is 11.2. The van der Waals surface area contributed by atoms with Gasteiger partial charge in [0, 0.05) is 12.6 Å². The van der Waals surface area contributed by atoms with Gasteiger partial charge < -0.3 is 15.1 Å². The predicted octanol–water partition coefficient (Wildman–Crippen LogP) is 0.955. The molecule has 0 amide bonds. The number of aromatic amines is 2. The van der Waals surface area contributed by atoms with Crippen molar-refractivity contribution in [3.8, 4) is 11.3 Å². The van der Waals surface area contributed by atoms with E-state index in [-0.39, 0.29) is 11.3 Å². The molecule has 0 aliphatic heterocycles. The monoisotopic (exact) mass is 258 g/mol. The molecule has 2 heterocycles. The number of aromatic nitrogens is 4. The minimum absolute atomic E-state index is 0.125. The van der Waals surface area contributed by atoms with Crippen molar-refractivity contribution < 1.29 is 9.90 Å². The molecule has 0 radical (unpaired) electrons. The van der Waals surface area contributed by atoms with E-state index in [1.807, 2.05) is 0 Å². The summed E-state index contributed by atoms with van der Waals surface area (Å²) in [6, 6.07) is 5.19. The lowest BCUT2D eigenvalue weighted by molar-refractivity contribution is 0.0697. The molecule has 2 aromatic heterocycles. The molecule has 7 heteroatoms. The molecule has 0 unspecified atom stereocenters. The largest absolute Gasteiger partial charge is 0.478 e. The van der Waals surface area contributed by atoms with E-state index in [0.717, 1.165) is 0 Å². The normalized spacial score (nSPS) is 11.0. The highest BCUT2D eigenvalue weighted by molar-refractivity contribution is 5.95. The summed E-state index contributed by atoms with van der Waals surface area (Å²) >= 11 is 0. The average Bonchev–Trinajstić information content (AvgIpc) is 2.89.